The molecule has 3 rings (SSSR count). The Hall–Kier alpha value is -0.530. The summed E-state index contributed by atoms with van der Waals surface area (Å²) in [5.41, 5.74) is -0.360. The van der Waals surface area contributed by atoms with Crippen LogP contribution in [0.1, 0.15) is 71.1 Å². The van der Waals surface area contributed by atoms with Crippen molar-refractivity contribution in [2.24, 2.45) is 29.1 Å². The Kier molecular flexibility index (Phi) is 3.61. The minimum absolute atomic E-state index is 0.360. The van der Waals surface area contributed by atoms with Gasteiger partial charge in [0.25, 0.3) is 0 Å². The predicted octanol–water partition coefficient (Wildman–Crippen LogP) is 4.48. The Bertz CT molecular complexity index is 341. The summed E-state index contributed by atoms with van der Waals surface area (Å²) in [5.74, 6) is 2.82. The fraction of sp³-hybridized carbons (Fsp3) is 0.941. The maximum Gasteiger partial charge on any atom is 0.309 e. The van der Waals surface area contributed by atoms with Crippen molar-refractivity contribution in [3.63, 3.8) is 0 Å². The van der Waals surface area contributed by atoms with E-state index in [2.05, 4.69) is 6.92 Å². The molecule has 0 aromatic carbocycles. The van der Waals surface area contributed by atoms with E-state index >= 15 is 0 Å². The first-order valence-corrected chi connectivity index (χ1v) is 8.36. The Morgan fingerprint density at radius 3 is 2.37 bits per heavy atom. The molecule has 19 heavy (non-hydrogen) atoms. The molecule has 2 nitrogen and oxygen atoms in total. The highest BCUT2D eigenvalue weighted by molar-refractivity contribution is 5.74. The van der Waals surface area contributed by atoms with Crippen LogP contribution in [0.25, 0.3) is 0 Å². The molecule has 2 heteroatoms. The number of hydrogen-bond donors (Lipinski definition) is 1. The van der Waals surface area contributed by atoms with Crippen LogP contribution in [0, 0.1) is 29.1 Å². The van der Waals surface area contributed by atoms with Crippen molar-refractivity contribution in [1.82, 2.24) is 0 Å². The van der Waals surface area contributed by atoms with Gasteiger partial charge in [0, 0.05) is 0 Å². The fourth-order valence-electron chi connectivity index (χ4n) is 5.27. The maximum absolute atomic E-state index is 11.9. The standard InChI is InChI=1S/C17H28O2/c1-2-12-5-7-17(8-6-12,16(18)19)11-15-10-13-3-4-14(15)9-13/h12-15H,2-11H2,1H3,(H,18,19). The second kappa shape index (κ2) is 5.10. The maximum atomic E-state index is 11.9. The minimum Gasteiger partial charge on any atom is -0.481 e. The lowest BCUT2D eigenvalue weighted by Gasteiger charge is -2.40. The zero-order valence-corrected chi connectivity index (χ0v) is 12.2. The summed E-state index contributed by atoms with van der Waals surface area (Å²) < 4.78 is 0. The lowest BCUT2D eigenvalue weighted by molar-refractivity contribution is -0.153. The Morgan fingerprint density at radius 1 is 1.16 bits per heavy atom. The van der Waals surface area contributed by atoms with Crippen LogP contribution in [-0.2, 0) is 4.79 Å². The molecule has 3 saturated carbocycles. The first-order chi connectivity index (χ1) is 9.13. The van der Waals surface area contributed by atoms with Gasteiger partial charge >= 0.3 is 5.97 Å². The van der Waals surface area contributed by atoms with Crippen molar-refractivity contribution in [3.05, 3.63) is 0 Å². The highest BCUT2D eigenvalue weighted by Gasteiger charge is 2.48. The third-order valence-electron chi connectivity index (χ3n) is 6.63. The molecule has 0 amide bonds. The normalized spacial score (nSPS) is 45.5. The van der Waals surface area contributed by atoms with Crippen molar-refractivity contribution in [2.45, 2.75) is 71.1 Å². The molecule has 0 heterocycles. The van der Waals surface area contributed by atoms with Crippen molar-refractivity contribution in [2.75, 3.05) is 0 Å². The smallest absolute Gasteiger partial charge is 0.309 e. The quantitative estimate of drug-likeness (QED) is 0.812. The third kappa shape index (κ3) is 2.43. The highest BCUT2D eigenvalue weighted by Crippen LogP contribution is 2.54. The molecule has 0 aliphatic heterocycles. The van der Waals surface area contributed by atoms with Crippen LogP contribution < -0.4 is 0 Å². The minimum atomic E-state index is -0.496. The predicted molar refractivity (Wildman–Crippen MR) is 75.9 cm³/mol. The molecule has 3 aliphatic carbocycles. The summed E-state index contributed by atoms with van der Waals surface area (Å²) in [5, 5.41) is 9.78. The van der Waals surface area contributed by atoms with E-state index in [-0.39, 0.29) is 5.41 Å². The molecule has 0 aromatic rings. The van der Waals surface area contributed by atoms with Gasteiger partial charge in [-0.2, -0.15) is 0 Å². The molecule has 0 saturated heterocycles. The average Bonchev–Trinajstić information content (AvgIpc) is 3.01. The molecular formula is C17H28O2. The molecule has 3 aliphatic rings. The van der Waals surface area contributed by atoms with Crippen molar-refractivity contribution >= 4 is 5.97 Å². The Morgan fingerprint density at radius 2 is 1.89 bits per heavy atom. The van der Waals surface area contributed by atoms with Gasteiger partial charge in [0.15, 0.2) is 0 Å². The fourth-order valence-corrected chi connectivity index (χ4v) is 5.27. The van der Waals surface area contributed by atoms with E-state index in [9.17, 15) is 9.90 Å². The summed E-state index contributed by atoms with van der Waals surface area (Å²) in [4.78, 5) is 11.9. The lowest BCUT2D eigenvalue weighted by Crippen LogP contribution is -2.38. The van der Waals surface area contributed by atoms with Gasteiger partial charge in [-0.15, -0.1) is 0 Å². The largest absolute Gasteiger partial charge is 0.481 e. The van der Waals surface area contributed by atoms with Gasteiger partial charge in [-0.05, 0) is 75.0 Å². The highest BCUT2D eigenvalue weighted by atomic mass is 16.4. The topological polar surface area (TPSA) is 37.3 Å². The molecule has 0 spiro atoms. The molecule has 0 radical (unpaired) electrons. The SMILES string of the molecule is CCC1CCC(CC2CC3CCC2C3)(C(=O)O)CC1. The average molecular weight is 264 g/mol. The van der Waals surface area contributed by atoms with E-state index in [1.54, 1.807) is 0 Å². The van der Waals surface area contributed by atoms with Crippen LogP contribution >= 0.6 is 0 Å². The molecular weight excluding hydrogens is 236 g/mol. The van der Waals surface area contributed by atoms with Crippen LogP contribution in [0.2, 0.25) is 0 Å². The second-order valence-corrected chi connectivity index (χ2v) is 7.58. The lowest BCUT2D eigenvalue weighted by atomic mass is 9.64. The van der Waals surface area contributed by atoms with E-state index in [0.717, 1.165) is 55.8 Å². The van der Waals surface area contributed by atoms with E-state index in [4.69, 9.17) is 0 Å². The molecule has 3 fully saturated rings. The van der Waals surface area contributed by atoms with E-state index in [1.807, 2.05) is 0 Å². The summed E-state index contributed by atoms with van der Waals surface area (Å²) in [6.45, 7) is 2.24. The van der Waals surface area contributed by atoms with Crippen LogP contribution in [0.15, 0.2) is 0 Å². The van der Waals surface area contributed by atoms with Gasteiger partial charge in [0.2, 0.25) is 0 Å². The number of aliphatic carboxylic acids is 1. The summed E-state index contributed by atoms with van der Waals surface area (Å²) in [6.07, 6.45) is 11.9. The van der Waals surface area contributed by atoms with E-state index in [1.165, 1.54) is 32.1 Å². The van der Waals surface area contributed by atoms with Crippen LogP contribution in [0.5, 0.6) is 0 Å². The number of carboxylic acids is 1. The van der Waals surface area contributed by atoms with Gasteiger partial charge in [0.05, 0.1) is 5.41 Å². The number of fused-ring (bicyclic) bond motifs is 2. The van der Waals surface area contributed by atoms with Crippen molar-refractivity contribution in [3.8, 4) is 0 Å². The first kappa shape index (κ1) is 13.5. The van der Waals surface area contributed by atoms with Gasteiger partial charge in [-0.1, -0.05) is 19.8 Å². The molecule has 108 valence electrons. The second-order valence-electron chi connectivity index (χ2n) is 7.58. The summed E-state index contributed by atoms with van der Waals surface area (Å²) in [7, 11) is 0. The van der Waals surface area contributed by atoms with Crippen molar-refractivity contribution in [1.29, 1.82) is 0 Å². The zero-order valence-electron chi connectivity index (χ0n) is 12.2. The van der Waals surface area contributed by atoms with Gasteiger partial charge in [-0.25, -0.2) is 0 Å². The molecule has 0 aromatic heterocycles. The number of carbonyl (C=O) groups is 1. The molecule has 3 unspecified atom stereocenters. The number of hydrogen-bond acceptors (Lipinski definition) is 1. The van der Waals surface area contributed by atoms with E-state index in [0.29, 0.717) is 0 Å². The summed E-state index contributed by atoms with van der Waals surface area (Å²) in [6, 6.07) is 0. The van der Waals surface area contributed by atoms with Crippen LogP contribution in [0.3, 0.4) is 0 Å². The molecule has 2 bridgehead atoms. The monoisotopic (exact) mass is 264 g/mol. The Balaban J connectivity index is 1.66. The summed E-state index contributed by atoms with van der Waals surface area (Å²) >= 11 is 0. The Labute approximate surface area is 117 Å². The van der Waals surface area contributed by atoms with Crippen LogP contribution in [0.4, 0.5) is 0 Å². The van der Waals surface area contributed by atoms with Gasteiger partial charge in [0.1, 0.15) is 0 Å². The first-order valence-electron chi connectivity index (χ1n) is 8.36. The molecule has 3 atom stereocenters. The number of carboxylic acid groups (broad SMARTS) is 1. The van der Waals surface area contributed by atoms with E-state index < -0.39 is 5.97 Å². The van der Waals surface area contributed by atoms with Crippen molar-refractivity contribution < 1.29 is 9.90 Å². The zero-order chi connectivity index (χ0) is 13.5. The van der Waals surface area contributed by atoms with Gasteiger partial charge in [-0.3, -0.25) is 4.79 Å². The third-order valence-corrected chi connectivity index (χ3v) is 6.63. The van der Waals surface area contributed by atoms with Gasteiger partial charge < -0.3 is 5.11 Å². The van der Waals surface area contributed by atoms with Crippen LogP contribution in [-0.4, -0.2) is 11.1 Å². The molecule has 1 N–H and O–H groups in total. The number of rotatable bonds is 4.